The highest BCUT2D eigenvalue weighted by Crippen LogP contribution is 2.15. The standard InChI is InChI=1S/C10H11N5/c1-3-12-10(13-4-1)15-9-2-5-11-6-8(9)7-14-15/h1,3-4,7,11H,2,5-6H2. The number of hydrogen-bond acceptors (Lipinski definition) is 4. The van der Waals surface area contributed by atoms with Gasteiger partial charge in [0.05, 0.1) is 11.9 Å². The van der Waals surface area contributed by atoms with Crippen LogP contribution in [0.1, 0.15) is 11.3 Å². The summed E-state index contributed by atoms with van der Waals surface area (Å²) >= 11 is 0. The van der Waals surface area contributed by atoms with E-state index in [1.54, 1.807) is 18.5 Å². The van der Waals surface area contributed by atoms with E-state index in [1.807, 2.05) is 10.9 Å². The molecule has 1 N–H and O–H groups in total. The highest BCUT2D eigenvalue weighted by molar-refractivity contribution is 5.26. The second kappa shape index (κ2) is 3.43. The Labute approximate surface area is 87.2 Å². The van der Waals surface area contributed by atoms with E-state index in [0.717, 1.165) is 19.5 Å². The lowest BCUT2D eigenvalue weighted by atomic mass is 10.1. The van der Waals surface area contributed by atoms with Crippen LogP contribution in [-0.2, 0) is 13.0 Å². The summed E-state index contributed by atoms with van der Waals surface area (Å²) in [4.78, 5) is 8.40. The van der Waals surface area contributed by atoms with Crippen molar-refractivity contribution in [2.24, 2.45) is 0 Å². The molecule has 3 rings (SSSR count). The molecule has 5 heteroatoms. The molecule has 0 spiro atoms. The van der Waals surface area contributed by atoms with Crippen LogP contribution in [0, 0.1) is 0 Å². The summed E-state index contributed by atoms with van der Waals surface area (Å²) in [6, 6.07) is 1.81. The van der Waals surface area contributed by atoms with E-state index in [0.29, 0.717) is 5.95 Å². The number of hydrogen-bond donors (Lipinski definition) is 1. The van der Waals surface area contributed by atoms with Crippen molar-refractivity contribution < 1.29 is 0 Å². The molecule has 76 valence electrons. The fourth-order valence-electron chi connectivity index (χ4n) is 1.82. The number of nitrogens with zero attached hydrogens (tertiary/aromatic N) is 4. The van der Waals surface area contributed by atoms with Gasteiger partial charge in [0, 0.05) is 37.5 Å². The quantitative estimate of drug-likeness (QED) is 0.721. The molecule has 0 saturated heterocycles. The molecule has 0 atom stereocenters. The van der Waals surface area contributed by atoms with Crippen LogP contribution < -0.4 is 5.32 Å². The Balaban J connectivity index is 2.09. The van der Waals surface area contributed by atoms with E-state index in [2.05, 4.69) is 20.4 Å². The summed E-state index contributed by atoms with van der Waals surface area (Å²) in [6.45, 7) is 1.88. The van der Waals surface area contributed by atoms with Gasteiger partial charge in [0.15, 0.2) is 0 Å². The zero-order valence-corrected chi connectivity index (χ0v) is 8.22. The molecule has 0 bridgehead atoms. The highest BCUT2D eigenvalue weighted by atomic mass is 15.3. The minimum atomic E-state index is 0.653. The summed E-state index contributed by atoms with van der Waals surface area (Å²) in [5.41, 5.74) is 2.47. The smallest absolute Gasteiger partial charge is 0.250 e. The van der Waals surface area contributed by atoms with Crippen LogP contribution in [0.15, 0.2) is 24.7 Å². The summed E-state index contributed by atoms with van der Waals surface area (Å²) < 4.78 is 1.83. The number of fused-ring (bicyclic) bond motifs is 1. The molecule has 0 saturated carbocycles. The second-order valence-corrected chi connectivity index (χ2v) is 3.50. The van der Waals surface area contributed by atoms with Crippen LogP contribution in [0.4, 0.5) is 0 Å². The monoisotopic (exact) mass is 201 g/mol. The molecular formula is C10H11N5. The first-order valence-electron chi connectivity index (χ1n) is 4.99. The summed E-state index contributed by atoms with van der Waals surface area (Å²) in [7, 11) is 0. The minimum Gasteiger partial charge on any atom is -0.312 e. The van der Waals surface area contributed by atoms with Crippen molar-refractivity contribution in [1.82, 2.24) is 25.1 Å². The Morgan fingerprint density at radius 3 is 3.00 bits per heavy atom. The molecule has 5 nitrogen and oxygen atoms in total. The molecule has 0 amide bonds. The third-order valence-electron chi connectivity index (χ3n) is 2.55. The summed E-state index contributed by atoms with van der Waals surface area (Å²) in [6.07, 6.45) is 6.33. The van der Waals surface area contributed by atoms with Crippen molar-refractivity contribution in [2.45, 2.75) is 13.0 Å². The molecule has 0 aliphatic carbocycles. The van der Waals surface area contributed by atoms with E-state index >= 15 is 0 Å². The average Bonchev–Trinajstić information content (AvgIpc) is 2.74. The van der Waals surface area contributed by atoms with Crippen molar-refractivity contribution in [3.8, 4) is 5.95 Å². The van der Waals surface area contributed by atoms with Gasteiger partial charge in [0.25, 0.3) is 5.95 Å². The van der Waals surface area contributed by atoms with Crippen molar-refractivity contribution in [3.05, 3.63) is 35.9 Å². The topological polar surface area (TPSA) is 55.6 Å². The molecule has 0 aromatic carbocycles. The predicted molar refractivity (Wildman–Crippen MR) is 54.6 cm³/mol. The molecule has 0 unspecified atom stereocenters. The number of aromatic nitrogens is 4. The first-order valence-corrected chi connectivity index (χ1v) is 4.99. The Kier molecular flexibility index (Phi) is 1.96. The first kappa shape index (κ1) is 8.55. The largest absolute Gasteiger partial charge is 0.312 e. The third-order valence-corrected chi connectivity index (χ3v) is 2.55. The average molecular weight is 201 g/mol. The van der Waals surface area contributed by atoms with Crippen LogP contribution in [0.25, 0.3) is 5.95 Å². The van der Waals surface area contributed by atoms with Gasteiger partial charge < -0.3 is 5.32 Å². The van der Waals surface area contributed by atoms with Crippen molar-refractivity contribution >= 4 is 0 Å². The van der Waals surface area contributed by atoms with Gasteiger partial charge in [-0.15, -0.1) is 0 Å². The minimum absolute atomic E-state index is 0.653. The summed E-state index contributed by atoms with van der Waals surface area (Å²) in [5, 5.41) is 7.63. The van der Waals surface area contributed by atoms with Gasteiger partial charge in [0.1, 0.15) is 0 Å². The van der Waals surface area contributed by atoms with Crippen LogP contribution in [0.2, 0.25) is 0 Å². The van der Waals surface area contributed by atoms with Crippen LogP contribution in [0.3, 0.4) is 0 Å². The lowest BCUT2D eigenvalue weighted by molar-refractivity contribution is 0.617. The van der Waals surface area contributed by atoms with Crippen LogP contribution in [0.5, 0.6) is 0 Å². The van der Waals surface area contributed by atoms with Crippen LogP contribution in [-0.4, -0.2) is 26.3 Å². The molecule has 2 aromatic rings. The maximum atomic E-state index is 4.32. The fourth-order valence-corrected chi connectivity index (χ4v) is 1.82. The second-order valence-electron chi connectivity index (χ2n) is 3.50. The van der Waals surface area contributed by atoms with Gasteiger partial charge in [0.2, 0.25) is 0 Å². The molecule has 15 heavy (non-hydrogen) atoms. The molecule has 2 aromatic heterocycles. The zero-order valence-electron chi connectivity index (χ0n) is 8.22. The molecule has 1 aliphatic rings. The Morgan fingerprint density at radius 1 is 1.27 bits per heavy atom. The molecule has 1 aliphatic heterocycles. The van der Waals surface area contributed by atoms with E-state index in [-0.39, 0.29) is 0 Å². The van der Waals surface area contributed by atoms with Gasteiger partial charge in [-0.2, -0.15) is 5.10 Å². The number of nitrogens with one attached hydrogen (secondary N) is 1. The van der Waals surface area contributed by atoms with E-state index in [9.17, 15) is 0 Å². The fraction of sp³-hybridized carbons (Fsp3) is 0.300. The molecule has 0 radical (unpaired) electrons. The summed E-state index contributed by atoms with van der Waals surface area (Å²) in [5.74, 6) is 0.653. The predicted octanol–water partition coefficient (Wildman–Crippen LogP) is 0.308. The maximum Gasteiger partial charge on any atom is 0.250 e. The Morgan fingerprint density at radius 2 is 2.13 bits per heavy atom. The number of rotatable bonds is 1. The molecule has 0 fully saturated rings. The van der Waals surface area contributed by atoms with Gasteiger partial charge in [-0.1, -0.05) is 0 Å². The van der Waals surface area contributed by atoms with E-state index in [4.69, 9.17) is 0 Å². The van der Waals surface area contributed by atoms with Gasteiger partial charge in [-0.3, -0.25) is 0 Å². The van der Waals surface area contributed by atoms with Crippen molar-refractivity contribution in [1.29, 1.82) is 0 Å². The van der Waals surface area contributed by atoms with Gasteiger partial charge >= 0.3 is 0 Å². The third kappa shape index (κ3) is 1.41. The Bertz CT molecular complexity index is 462. The lowest BCUT2D eigenvalue weighted by Gasteiger charge is -2.13. The Hall–Kier alpha value is -1.75. The molecular weight excluding hydrogens is 190 g/mol. The SMILES string of the molecule is c1cnc(-n2ncc3c2CCNC3)nc1. The lowest BCUT2D eigenvalue weighted by Crippen LogP contribution is -2.24. The normalized spacial score (nSPS) is 14.9. The van der Waals surface area contributed by atoms with Gasteiger partial charge in [-0.25, -0.2) is 14.6 Å². The first-order chi connectivity index (χ1) is 7.45. The van der Waals surface area contributed by atoms with Gasteiger partial charge in [-0.05, 0) is 6.07 Å². The maximum absolute atomic E-state index is 4.32. The van der Waals surface area contributed by atoms with Crippen LogP contribution >= 0.6 is 0 Å². The highest BCUT2D eigenvalue weighted by Gasteiger charge is 2.16. The van der Waals surface area contributed by atoms with Crippen molar-refractivity contribution in [3.63, 3.8) is 0 Å². The van der Waals surface area contributed by atoms with Crippen molar-refractivity contribution in [2.75, 3.05) is 6.54 Å². The molecule has 3 heterocycles. The zero-order chi connectivity index (χ0) is 10.1. The van der Waals surface area contributed by atoms with E-state index < -0.39 is 0 Å². The van der Waals surface area contributed by atoms with E-state index in [1.165, 1.54) is 11.3 Å².